The third kappa shape index (κ3) is 2.98. The summed E-state index contributed by atoms with van der Waals surface area (Å²) in [6.45, 7) is 6.15. The van der Waals surface area contributed by atoms with Crippen molar-refractivity contribution in [1.82, 2.24) is 5.32 Å². The van der Waals surface area contributed by atoms with Gasteiger partial charge in [0.1, 0.15) is 0 Å². The van der Waals surface area contributed by atoms with Crippen molar-refractivity contribution in [3.63, 3.8) is 0 Å². The van der Waals surface area contributed by atoms with Crippen LogP contribution in [0.3, 0.4) is 0 Å². The predicted octanol–water partition coefficient (Wildman–Crippen LogP) is 2.47. The molecule has 2 atom stereocenters. The minimum Gasteiger partial charge on any atom is -0.317 e. The molecule has 3 rings (SSSR count). The Hall–Kier alpha value is -1.15. The van der Waals surface area contributed by atoms with Crippen LogP contribution in [0.2, 0.25) is 0 Å². The van der Waals surface area contributed by atoms with Crippen LogP contribution in [-0.2, 0) is 17.4 Å². The van der Waals surface area contributed by atoms with E-state index in [1.54, 1.807) is 0 Å². The van der Waals surface area contributed by atoms with Gasteiger partial charge in [-0.15, -0.1) is 6.42 Å². The highest BCUT2D eigenvalue weighted by Gasteiger charge is 2.48. The van der Waals surface area contributed by atoms with E-state index < -0.39 is 11.0 Å². The molecule has 1 heterocycles. The fourth-order valence-electron chi connectivity index (χ4n) is 4.37. The Bertz CT molecular complexity index is 668. The highest BCUT2D eigenvalue weighted by molar-refractivity contribution is 7.84. The molecule has 0 amide bonds. The molecule has 124 valence electrons. The van der Waals surface area contributed by atoms with Crippen molar-refractivity contribution < 1.29 is 4.21 Å². The molecule has 3 nitrogen and oxygen atoms in total. The molecule has 23 heavy (non-hydrogen) atoms. The van der Waals surface area contributed by atoms with E-state index in [1.807, 2.05) is 19.9 Å². The third-order valence-corrected chi connectivity index (χ3v) is 7.06. The minimum absolute atomic E-state index is 0.261. The summed E-state index contributed by atoms with van der Waals surface area (Å²) in [4.78, 5) is 0. The van der Waals surface area contributed by atoms with Crippen molar-refractivity contribution >= 4 is 11.0 Å². The normalized spacial score (nSPS) is 24.2. The summed E-state index contributed by atoms with van der Waals surface area (Å²) in [6.07, 6.45) is 9.83. The van der Waals surface area contributed by atoms with Crippen molar-refractivity contribution in [2.24, 2.45) is 10.6 Å². The highest BCUT2D eigenvalue weighted by atomic mass is 32.2. The van der Waals surface area contributed by atoms with Crippen molar-refractivity contribution in [1.29, 1.82) is 0 Å². The van der Waals surface area contributed by atoms with Crippen molar-refractivity contribution in [2.45, 2.75) is 50.2 Å². The first-order valence-electron chi connectivity index (χ1n) is 8.34. The molecule has 4 heteroatoms. The highest BCUT2D eigenvalue weighted by Crippen LogP contribution is 2.55. The lowest BCUT2D eigenvalue weighted by molar-refractivity contribution is 0.158. The first-order valence-corrected chi connectivity index (χ1v) is 9.56. The molecule has 3 N–H and O–H groups in total. The zero-order valence-corrected chi connectivity index (χ0v) is 14.8. The van der Waals surface area contributed by atoms with E-state index in [0.717, 1.165) is 44.3 Å². The van der Waals surface area contributed by atoms with Gasteiger partial charge in [-0.2, -0.15) is 0 Å². The average Bonchev–Trinajstić information content (AvgIpc) is 2.80. The van der Waals surface area contributed by atoms with Crippen LogP contribution in [-0.4, -0.2) is 22.0 Å². The Balaban J connectivity index is 2.01. The molecule has 1 fully saturated rings. The maximum absolute atomic E-state index is 12.0. The molecule has 1 unspecified atom stereocenters. The second-order valence-corrected chi connectivity index (χ2v) is 9.36. The molecule has 0 bridgehead atoms. The number of hydrogen-bond donors (Lipinski definition) is 2. The third-order valence-electron chi connectivity index (χ3n) is 5.81. The predicted molar refractivity (Wildman–Crippen MR) is 96.4 cm³/mol. The van der Waals surface area contributed by atoms with Gasteiger partial charge >= 0.3 is 0 Å². The van der Waals surface area contributed by atoms with Gasteiger partial charge in [-0.25, -0.2) is 4.21 Å². The minimum atomic E-state index is -1.32. The zero-order valence-electron chi connectivity index (χ0n) is 14.0. The first kappa shape index (κ1) is 16.7. The molecule has 1 aliphatic heterocycles. The number of benzene rings is 1. The lowest BCUT2D eigenvalue weighted by Gasteiger charge is -2.42. The van der Waals surface area contributed by atoms with Gasteiger partial charge < -0.3 is 5.32 Å². The number of terminal acetylenes is 1. The number of rotatable bonds is 3. The van der Waals surface area contributed by atoms with E-state index in [1.165, 1.54) is 11.1 Å². The summed E-state index contributed by atoms with van der Waals surface area (Å²) in [5, 5.41) is 9.24. The average molecular weight is 330 g/mol. The monoisotopic (exact) mass is 330 g/mol. The summed E-state index contributed by atoms with van der Waals surface area (Å²) in [7, 11) is -1.32. The Labute approximate surface area is 142 Å². The van der Waals surface area contributed by atoms with E-state index in [4.69, 9.17) is 11.6 Å². The van der Waals surface area contributed by atoms with Gasteiger partial charge in [0.15, 0.2) is 0 Å². The van der Waals surface area contributed by atoms with Crippen molar-refractivity contribution in [3.8, 4) is 12.3 Å². The van der Waals surface area contributed by atoms with Gasteiger partial charge in [0, 0.05) is 5.56 Å². The second-order valence-electron chi connectivity index (χ2n) is 7.66. The lowest BCUT2D eigenvalue weighted by Crippen LogP contribution is -2.43. The van der Waals surface area contributed by atoms with Crippen LogP contribution in [0.1, 0.15) is 55.7 Å². The van der Waals surface area contributed by atoms with Crippen LogP contribution in [0, 0.1) is 17.8 Å². The van der Waals surface area contributed by atoms with Gasteiger partial charge in [-0.05, 0) is 87.2 Å². The van der Waals surface area contributed by atoms with E-state index in [-0.39, 0.29) is 10.2 Å². The summed E-state index contributed by atoms with van der Waals surface area (Å²) >= 11 is 0. The number of fused-ring (bicyclic) bond motifs is 1. The van der Waals surface area contributed by atoms with E-state index >= 15 is 0 Å². The topological polar surface area (TPSA) is 55.1 Å². The van der Waals surface area contributed by atoms with Crippen LogP contribution < -0.4 is 10.5 Å². The van der Waals surface area contributed by atoms with E-state index in [9.17, 15) is 4.21 Å². The Morgan fingerprint density at radius 1 is 1.43 bits per heavy atom. The first-order chi connectivity index (χ1) is 10.9. The van der Waals surface area contributed by atoms with Gasteiger partial charge in [0.05, 0.1) is 15.7 Å². The van der Waals surface area contributed by atoms with Crippen LogP contribution in [0.4, 0.5) is 0 Å². The van der Waals surface area contributed by atoms with Gasteiger partial charge in [-0.1, -0.05) is 12.0 Å². The molecule has 2 aliphatic rings. The zero-order chi connectivity index (χ0) is 16.7. The largest absolute Gasteiger partial charge is 0.317 e. The molecule has 1 aliphatic carbocycles. The molecule has 0 saturated carbocycles. The molecule has 0 aromatic heterocycles. The van der Waals surface area contributed by atoms with Crippen LogP contribution in [0.25, 0.3) is 0 Å². The molecule has 1 aromatic rings. The van der Waals surface area contributed by atoms with Crippen LogP contribution in [0.15, 0.2) is 18.2 Å². The van der Waals surface area contributed by atoms with E-state index in [2.05, 4.69) is 23.4 Å². The summed E-state index contributed by atoms with van der Waals surface area (Å²) < 4.78 is 11.6. The number of nitrogens with two attached hydrogens (primary N) is 1. The van der Waals surface area contributed by atoms with Crippen molar-refractivity contribution in [3.05, 3.63) is 34.9 Å². The molecular formula is C19H26N2OS. The Morgan fingerprint density at radius 3 is 2.74 bits per heavy atom. The molecule has 1 saturated heterocycles. The smallest absolute Gasteiger partial charge is 0.0945 e. The Morgan fingerprint density at radius 2 is 2.13 bits per heavy atom. The maximum Gasteiger partial charge on any atom is 0.0945 e. The number of nitrogens with one attached hydrogen (secondary N) is 1. The molecule has 0 radical (unpaired) electrons. The quantitative estimate of drug-likeness (QED) is 0.837. The number of piperidine rings is 1. The molecule has 1 aromatic carbocycles. The van der Waals surface area contributed by atoms with Gasteiger partial charge in [-0.3, -0.25) is 5.14 Å². The standard InChI is InChI=1S/C19H26N2OS/c1-4-14-5-6-16-15(11-14)12-19(7-9-21-10-8-19)17(16)13-18(2,3)23(20)22/h1,5-6,11,17,21H,7-10,12-13,20H2,2-3H3/t17-,23?/m1/s1. The number of hydrogen-bond acceptors (Lipinski definition) is 2. The summed E-state index contributed by atoms with van der Waals surface area (Å²) in [6, 6.07) is 6.41. The molecular weight excluding hydrogens is 304 g/mol. The van der Waals surface area contributed by atoms with Gasteiger partial charge in [0.25, 0.3) is 0 Å². The molecule has 1 spiro atoms. The van der Waals surface area contributed by atoms with Crippen LogP contribution >= 0.6 is 0 Å². The lowest BCUT2D eigenvalue weighted by atomic mass is 9.67. The fourth-order valence-corrected chi connectivity index (χ4v) is 4.70. The fraction of sp³-hybridized carbons (Fsp3) is 0.579. The van der Waals surface area contributed by atoms with Gasteiger partial charge in [0.2, 0.25) is 0 Å². The SMILES string of the molecule is C#Cc1ccc2c(c1)CC1(CCNCC1)[C@@H]2CC(C)(C)S(N)=O. The van der Waals surface area contributed by atoms with Crippen LogP contribution in [0.5, 0.6) is 0 Å². The maximum atomic E-state index is 12.0. The van der Waals surface area contributed by atoms with E-state index in [0.29, 0.717) is 5.92 Å². The Kier molecular flexibility index (Phi) is 4.39. The van der Waals surface area contributed by atoms with Crippen molar-refractivity contribution in [2.75, 3.05) is 13.1 Å². The summed E-state index contributed by atoms with van der Waals surface area (Å²) in [5.41, 5.74) is 3.99. The second kappa shape index (κ2) is 6.05. The summed E-state index contributed by atoms with van der Waals surface area (Å²) in [5.74, 6) is 3.16.